The van der Waals surface area contributed by atoms with Gasteiger partial charge in [0.15, 0.2) is 4.77 Å². The molecule has 1 aromatic carbocycles. The average Bonchev–Trinajstić information content (AvgIpc) is 3.22. The molecule has 0 unspecified atom stereocenters. The Balaban J connectivity index is 1.54. The highest BCUT2D eigenvalue weighted by atomic mass is 35.5. The quantitative estimate of drug-likeness (QED) is 0.586. The molecule has 0 aliphatic carbocycles. The smallest absolute Gasteiger partial charge is 0.226 e. The van der Waals surface area contributed by atoms with E-state index in [1.165, 1.54) is 11.3 Å². The summed E-state index contributed by atoms with van der Waals surface area (Å²) in [4.78, 5) is 16.7. The Hall–Kier alpha value is -2.03. The van der Waals surface area contributed by atoms with Gasteiger partial charge in [0.1, 0.15) is 10.8 Å². The van der Waals surface area contributed by atoms with Gasteiger partial charge in [-0.2, -0.15) is 5.10 Å². The molecule has 1 amide bonds. The lowest BCUT2D eigenvalue weighted by Gasteiger charge is -2.05. The Kier molecular flexibility index (Phi) is 6.18. The molecule has 2 heterocycles. The first-order valence-electron chi connectivity index (χ1n) is 8.18. The van der Waals surface area contributed by atoms with Gasteiger partial charge in [-0.3, -0.25) is 9.89 Å². The molecule has 136 valence electrons. The maximum Gasteiger partial charge on any atom is 0.226 e. The number of nitrogens with zero attached hydrogens (tertiary/aromatic N) is 3. The van der Waals surface area contributed by atoms with E-state index in [1.54, 1.807) is 0 Å². The Morgan fingerprint density at radius 3 is 3.00 bits per heavy atom. The molecule has 3 rings (SSSR count). The van der Waals surface area contributed by atoms with Gasteiger partial charge in [-0.05, 0) is 25.2 Å². The molecule has 0 atom stereocenters. The topological polar surface area (TPSA) is 75.6 Å². The first-order valence-corrected chi connectivity index (χ1v) is 9.85. The van der Waals surface area contributed by atoms with E-state index in [1.807, 2.05) is 41.1 Å². The average molecular weight is 408 g/mol. The van der Waals surface area contributed by atoms with Crippen molar-refractivity contribution in [3.63, 3.8) is 0 Å². The monoisotopic (exact) mass is 407 g/mol. The normalized spacial score (nSPS) is 10.8. The van der Waals surface area contributed by atoms with Crippen molar-refractivity contribution in [2.45, 2.75) is 26.3 Å². The SMILES string of the molecule is CCn1c(CCNC(=O)Cc2csc(-c3ccccc3Cl)n2)n[nH]c1=S. The zero-order valence-electron chi connectivity index (χ0n) is 14.2. The van der Waals surface area contributed by atoms with E-state index in [9.17, 15) is 4.79 Å². The van der Waals surface area contributed by atoms with Gasteiger partial charge in [0.05, 0.1) is 17.1 Å². The summed E-state index contributed by atoms with van der Waals surface area (Å²) in [5, 5.41) is 13.2. The Labute approximate surface area is 165 Å². The Morgan fingerprint density at radius 2 is 2.23 bits per heavy atom. The number of nitrogens with one attached hydrogen (secondary N) is 2. The lowest BCUT2D eigenvalue weighted by atomic mass is 10.2. The number of benzene rings is 1. The molecule has 0 aliphatic heterocycles. The van der Waals surface area contributed by atoms with Crippen molar-refractivity contribution in [1.29, 1.82) is 0 Å². The fourth-order valence-corrected chi connectivity index (χ4v) is 3.97. The lowest BCUT2D eigenvalue weighted by molar-refractivity contribution is -0.120. The van der Waals surface area contributed by atoms with Crippen molar-refractivity contribution >= 4 is 41.1 Å². The summed E-state index contributed by atoms with van der Waals surface area (Å²) in [6.45, 7) is 3.26. The van der Waals surface area contributed by atoms with E-state index < -0.39 is 0 Å². The molecule has 0 spiro atoms. The second-order valence-electron chi connectivity index (χ2n) is 5.59. The van der Waals surface area contributed by atoms with Crippen LogP contribution in [0.4, 0.5) is 0 Å². The molecule has 9 heteroatoms. The molecule has 0 radical (unpaired) electrons. The minimum atomic E-state index is -0.0711. The number of hydrogen-bond donors (Lipinski definition) is 2. The van der Waals surface area contributed by atoms with Crippen LogP contribution in [0.2, 0.25) is 5.02 Å². The molecule has 6 nitrogen and oxygen atoms in total. The number of halogens is 1. The van der Waals surface area contributed by atoms with Crippen LogP contribution in [0.15, 0.2) is 29.6 Å². The third kappa shape index (κ3) is 4.38. The van der Waals surface area contributed by atoms with Crippen LogP contribution in [0.25, 0.3) is 10.6 Å². The molecule has 2 aromatic heterocycles. The van der Waals surface area contributed by atoms with Gasteiger partial charge in [0.25, 0.3) is 0 Å². The van der Waals surface area contributed by atoms with Crippen molar-refractivity contribution in [3.8, 4) is 10.6 Å². The van der Waals surface area contributed by atoms with Gasteiger partial charge in [-0.15, -0.1) is 11.3 Å². The summed E-state index contributed by atoms with van der Waals surface area (Å²) >= 11 is 12.8. The zero-order valence-corrected chi connectivity index (χ0v) is 16.5. The van der Waals surface area contributed by atoms with E-state index in [0.717, 1.165) is 28.6 Å². The minimum Gasteiger partial charge on any atom is -0.355 e. The third-order valence-corrected chi connectivity index (χ3v) is 5.39. The number of H-pyrrole nitrogens is 1. The highest BCUT2D eigenvalue weighted by molar-refractivity contribution is 7.71. The van der Waals surface area contributed by atoms with Crippen LogP contribution in [0.5, 0.6) is 0 Å². The lowest BCUT2D eigenvalue weighted by Crippen LogP contribution is -2.28. The van der Waals surface area contributed by atoms with Gasteiger partial charge >= 0.3 is 0 Å². The van der Waals surface area contributed by atoms with Gasteiger partial charge in [0.2, 0.25) is 5.91 Å². The van der Waals surface area contributed by atoms with Crippen LogP contribution >= 0.6 is 35.2 Å². The third-order valence-electron chi connectivity index (χ3n) is 3.82. The summed E-state index contributed by atoms with van der Waals surface area (Å²) in [5.74, 6) is 0.769. The van der Waals surface area contributed by atoms with Crippen LogP contribution in [-0.2, 0) is 24.2 Å². The Bertz CT molecular complexity index is 962. The number of aromatic amines is 1. The first-order chi connectivity index (χ1) is 12.6. The van der Waals surface area contributed by atoms with E-state index in [0.29, 0.717) is 22.8 Å². The van der Waals surface area contributed by atoms with Crippen LogP contribution in [0, 0.1) is 4.77 Å². The number of carbonyl (C=O) groups is 1. The van der Waals surface area contributed by atoms with Crippen molar-refractivity contribution < 1.29 is 4.79 Å². The molecule has 0 aliphatic rings. The van der Waals surface area contributed by atoms with Crippen molar-refractivity contribution in [1.82, 2.24) is 25.1 Å². The molecule has 0 bridgehead atoms. The summed E-state index contributed by atoms with van der Waals surface area (Å²) in [5.41, 5.74) is 1.62. The summed E-state index contributed by atoms with van der Waals surface area (Å²) in [7, 11) is 0. The van der Waals surface area contributed by atoms with Crippen molar-refractivity contribution in [2.24, 2.45) is 0 Å². The van der Waals surface area contributed by atoms with E-state index in [4.69, 9.17) is 23.8 Å². The fraction of sp³-hybridized carbons (Fsp3) is 0.294. The van der Waals surface area contributed by atoms with Crippen molar-refractivity contribution in [2.75, 3.05) is 6.54 Å². The number of carbonyl (C=O) groups excluding carboxylic acids is 1. The molecular weight excluding hydrogens is 390 g/mol. The van der Waals surface area contributed by atoms with Gasteiger partial charge in [-0.25, -0.2) is 4.98 Å². The molecule has 2 N–H and O–H groups in total. The summed E-state index contributed by atoms with van der Waals surface area (Å²) in [6.07, 6.45) is 0.857. The van der Waals surface area contributed by atoms with Gasteiger partial charge in [-0.1, -0.05) is 29.8 Å². The van der Waals surface area contributed by atoms with Crippen LogP contribution < -0.4 is 5.32 Å². The second-order valence-corrected chi connectivity index (χ2v) is 7.24. The second kappa shape index (κ2) is 8.57. The van der Waals surface area contributed by atoms with Gasteiger partial charge < -0.3 is 9.88 Å². The van der Waals surface area contributed by atoms with Crippen LogP contribution in [0.1, 0.15) is 18.4 Å². The number of hydrogen-bond acceptors (Lipinski definition) is 5. The Morgan fingerprint density at radius 1 is 1.42 bits per heavy atom. The molecule has 26 heavy (non-hydrogen) atoms. The van der Waals surface area contributed by atoms with E-state index in [-0.39, 0.29) is 12.3 Å². The van der Waals surface area contributed by atoms with E-state index in [2.05, 4.69) is 20.5 Å². The summed E-state index contributed by atoms with van der Waals surface area (Å²) in [6, 6.07) is 7.55. The molecule has 3 aromatic rings. The van der Waals surface area contributed by atoms with Gasteiger partial charge in [0, 0.05) is 30.5 Å². The molecule has 0 saturated carbocycles. The molecule has 0 fully saturated rings. The molecule has 0 saturated heterocycles. The summed E-state index contributed by atoms with van der Waals surface area (Å²) < 4.78 is 2.51. The van der Waals surface area contributed by atoms with Crippen LogP contribution in [0.3, 0.4) is 0 Å². The predicted octanol–water partition coefficient (Wildman–Crippen LogP) is 3.64. The molecular formula is C17H18ClN5OS2. The fourth-order valence-electron chi connectivity index (χ4n) is 2.55. The van der Waals surface area contributed by atoms with E-state index >= 15 is 0 Å². The maximum absolute atomic E-state index is 12.1. The number of thiazole rings is 1. The number of rotatable bonds is 7. The number of aromatic nitrogens is 4. The standard InChI is InChI=1S/C17H18ClN5OS2/c1-2-23-14(21-22-17(23)25)7-8-19-15(24)9-11-10-26-16(20-11)12-5-3-4-6-13(12)18/h3-6,10H,2,7-9H2,1H3,(H,19,24)(H,22,25). The highest BCUT2D eigenvalue weighted by Crippen LogP contribution is 2.30. The largest absolute Gasteiger partial charge is 0.355 e. The maximum atomic E-state index is 12.1. The first kappa shape index (κ1) is 18.8. The van der Waals surface area contributed by atoms with Crippen molar-refractivity contribution in [3.05, 3.63) is 51.0 Å². The predicted molar refractivity (Wildman–Crippen MR) is 106 cm³/mol. The number of amides is 1. The zero-order chi connectivity index (χ0) is 18.5. The minimum absolute atomic E-state index is 0.0711. The van der Waals surface area contributed by atoms with Crippen LogP contribution in [-0.4, -0.2) is 32.2 Å². The highest BCUT2D eigenvalue weighted by Gasteiger charge is 2.11.